The van der Waals surface area contributed by atoms with E-state index in [1.807, 2.05) is 6.92 Å². The highest BCUT2D eigenvalue weighted by atomic mass is 32.2. The second-order valence-corrected chi connectivity index (χ2v) is 10.1. The summed E-state index contributed by atoms with van der Waals surface area (Å²) in [7, 11) is -3.32. The van der Waals surface area contributed by atoms with Crippen molar-refractivity contribution in [1.29, 1.82) is 0 Å². The summed E-state index contributed by atoms with van der Waals surface area (Å²) in [6, 6.07) is 0.197. The van der Waals surface area contributed by atoms with Gasteiger partial charge in [0, 0.05) is 25.2 Å². The standard InChI is InChI=1S/C19H35N3O4S/c1-2-3-7-14-27(25,26)15-18(23)22-12-10-17(11-13-22)21-19(24)20-16-8-5-4-6-9-16/h16-17H,2-15H2,1H3,(H2,20,21,24). The molecule has 1 aliphatic carbocycles. The summed E-state index contributed by atoms with van der Waals surface area (Å²) in [5, 5.41) is 6.05. The topological polar surface area (TPSA) is 95.6 Å². The van der Waals surface area contributed by atoms with Gasteiger partial charge in [-0.3, -0.25) is 4.79 Å². The average molecular weight is 402 g/mol. The van der Waals surface area contributed by atoms with E-state index in [4.69, 9.17) is 0 Å². The van der Waals surface area contributed by atoms with Crippen LogP contribution < -0.4 is 10.6 Å². The predicted molar refractivity (Wildman–Crippen MR) is 106 cm³/mol. The Morgan fingerprint density at radius 3 is 2.11 bits per heavy atom. The van der Waals surface area contributed by atoms with Gasteiger partial charge in [-0.2, -0.15) is 0 Å². The number of urea groups is 1. The van der Waals surface area contributed by atoms with Gasteiger partial charge in [-0.1, -0.05) is 39.0 Å². The first-order chi connectivity index (χ1) is 12.9. The third-order valence-electron chi connectivity index (χ3n) is 5.53. The second kappa shape index (κ2) is 10.9. The molecule has 0 bridgehead atoms. The number of unbranched alkanes of at least 4 members (excludes halogenated alkanes) is 2. The van der Waals surface area contributed by atoms with E-state index < -0.39 is 15.6 Å². The number of nitrogens with one attached hydrogen (secondary N) is 2. The van der Waals surface area contributed by atoms with Crippen molar-refractivity contribution in [2.24, 2.45) is 0 Å². The zero-order valence-electron chi connectivity index (χ0n) is 16.5. The summed E-state index contributed by atoms with van der Waals surface area (Å²) in [6.45, 7) is 3.01. The molecule has 0 radical (unpaired) electrons. The van der Waals surface area contributed by atoms with Crippen LogP contribution in [0.25, 0.3) is 0 Å². The van der Waals surface area contributed by atoms with Crippen molar-refractivity contribution in [3.63, 3.8) is 0 Å². The number of hydrogen-bond acceptors (Lipinski definition) is 4. The van der Waals surface area contributed by atoms with Gasteiger partial charge in [-0.25, -0.2) is 13.2 Å². The number of amides is 3. The molecule has 8 heteroatoms. The molecule has 0 atom stereocenters. The summed E-state index contributed by atoms with van der Waals surface area (Å²) >= 11 is 0. The van der Waals surface area contributed by atoms with Crippen molar-refractivity contribution in [3.8, 4) is 0 Å². The van der Waals surface area contributed by atoms with Crippen LogP contribution in [-0.2, 0) is 14.6 Å². The number of rotatable bonds is 8. The van der Waals surface area contributed by atoms with E-state index in [-0.39, 0.29) is 29.8 Å². The lowest BCUT2D eigenvalue weighted by molar-refractivity contribution is -0.129. The molecule has 0 aromatic carbocycles. The van der Waals surface area contributed by atoms with Gasteiger partial charge in [0.1, 0.15) is 5.75 Å². The zero-order chi connectivity index (χ0) is 19.7. The smallest absolute Gasteiger partial charge is 0.315 e. The van der Waals surface area contributed by atoms with Crippen LogP contribution in [-0.4, -0.2) is 61.9 Å². The third kappa shape index (κ3) is 8.07. The zero-order valence-corrected chi connectivity index (χ0v) is 17.4. The van der Waals surface area contributed by atoms with Crippen LogP contribution in [0.2, 0.25) is 0 Å². The molecule has 1 aliphatic heterocycles. The van der Waals surface area contributed by atoms with Crippen LogP contribution in [0.1, 0.15) is 71.1 Å². The molecule has 0 aromatic rings. The molecule has 1 heterocycles. The lowest BCUT2D eigenvalue weighted by atomic mass is 9.96. The van der Waals surface area contributed by atoms with Gasteiger partial charge in [-0.15, -0.1) is 0 Å². The minimum absolute atomic E-state index is 0.0406. The summed E-state index contributed by atoms with van der Waals surface area (Å²) < 4.78 is 24.1. The van der Waals surface area contributed by atoms with Crippen molar-refractivity contribution >= 4 is 21.8 Å². The first-order valence-corrected chi connectivity index (χ1v) is 12.3. The summed E-state index contributed by atoms with van der Waals surface area (Å²) in [5.74, 6) is -0.611. The van der Waals surface area contributed by atoms with Crippen LogP contribution >= 0.6 is 0 Å². The molecule has 7 nitrogen and oxygen atoms in total. The summed E-state index contributed by atoms with van der Waals surface area (Å²) in [4.78, 5) is 26.0. The van der Waals surface area contributed by atoms with Crippen molar-refractivity contribution in [1.82, 2.24) is 15.5 Å². The van der Waals surface area contributed by atoms with E-state index in [2.05, 4.69) is 10.6 Å². The van der Waals surface area contributed by atoms with E-state index in [9.17, 15) is 18.0 Å². The Labute approximate surface area is 163 Å². The van der Waals surface area contributed by atoms with Crippen LogP contribution in [0.5, 0.6) is 0 Å². The Bertz CT molecular complexity index is 580. The highest BCUT2D eigenvalue weighted by molar-refractivity contribution is 7.92. The molecular weight excluding hydrogens is 366 g/mol. The van der Waals surface area contributed by atoms with Crippen molar-refractivity contribution < 1.29 is 18.0 Å². The van der Waals surface area contributed by atoms with Crippen LogP contribution in [0, 0.1) is 0 Å². The first kappa shape index (κ1) is 22.0. The maximum atomic E-state index is 12.3. The van der Waals surface area contributed by atoms with Gasteiger partial charge < -0.3 is 15.5 Å². The number of carbonyl (C=O) groups is 2. The number of carbonyl (C=O) groups excluding carboxylic acids is 2. The van der Waals surface area contributed by atoms with E-state index in [0.717, 1.165) is 25.7 Å². The van der Waals surface area contributed by atoms with Crippen LogP contribution in [0.3, 0.4) is 0 Å². The fraction of sp³-hybridized carbons (Fsp3) is 0.895. The molecule has 2 N–H and O–H groups in total. The Kier molecular flexibility index (Phi) is 8.86. The molecular formula is C19H35N3O4S. The highest BCUT2D eigenvalue weighted by Gasteiger charge is 2.27. The van der Waals surface area contributed by atoms with E-state index >= 15 is 0 Å². The largest absolute Gasteiger partial charge is 0.342 e. The maximum Gasteiger partial charge on any atom is 0.315 e. The number of hydrogen-bond donors (Lipinski definition) is 2. The SMILES string of the molecule is CCCCCS(=O)(=O)CC(=O)N1CCC(NC(=O)NC2CCCCC2)CC1. The molecule has 27 heavy (non-hydrogen) atoms. The monoisotopic (exact) mass is 401 g/mol. The van der Waals surface area contributed by atoms with Crippen LogP contribution in [0.4, 0.5) is 4.79 Å². The van der Waals surface area contributed by atoms with Crippen molar-refractivity contribution in [2.75, 3.05) is 24.6 Å². The fourth-order valence-electron chi connectivity index (χ4n) is 3.86. The summed E-state index contributed by atoms with van der Waals surface area (Å²) in [6.07, 6.45) is 9.47. The number of piperidine rings is 1. The van der Waals surface area contributed by atoms with E-state index in [1.165, 1.54) is 19.3 Å². The fourth-order valence-corrected chi connectivity index (χ4v) is 5.20. The van der Waals surface area contributed by atoms with Crippen LogP contribution in [0.15, 0.2) is 0 Å². The molecule has 1 saturated heterocycles. The number of likely N-dealkylation sites (tertiary alicyclic amines) is 1. The van der Waals surface area contributed by atoms with Crippen molar-refractivity contribution in [3.05, 3.63) is 0 Å². The van der Waals surface area contributed by atoms with Gasteiger partial charge in [0.05, 0.1) is 5.75 Å². The lowest BCUT2D eigenvalue weighted by Crippen LogP contribution is -2.51. The molecule has 2 aliphatic rings. The average Bonchev–Trinajstić information content (AvgIpc) is 2.62. The van der Waals surface area contributed by atoms with Gasteiger partial charge in [0.2, 0.25) is 5.91 Å². The quantitative estimate of drug-likeness (QED) is 0.610. The van der Waals surface area contributed by atoms with E-state index in [0.29, 0.717) is 32.4 Å². The molecule has 0 aromatic heterocycles. The molecule has 2 rings (SSSR count). The predicted octanol–water partition coefficient (Wildman–Crippen LogP) is 2.21. The van der Waals surface area contributed by atoms with Crippen molar-refractivity contribution in [2.45, 2.75) is 83.2 Å². The maximum absolute atomic E-state index is 12.3. The minimum atomic E-state index is -3.32. The first-order valence-electron chi connectivity index (χ1n) is 10.4. The molecule has 0 unspecified atom stereocenters. The highest BCUT2D eigenvalue weighted by Crippen LogP contribution is 2.17. The van der Waals surface area contributed by atoms with Gasteiger partial charge in [0.25, 0.3) is 0 Å². The Morgan fingerprint density at radius 1 is 0.926 bits per heavy atom. The Morgan fingerprint density at radius 2 is 1.52 bits per heavy atom. The number of nitrogens with zero attached hydrogens (tertiary/aromatic N) is 1. The Balaban J connectivity index is 1.68. The summed E-state index contributed by atoms with van der Waals surface area (Å²) in [5.41, 5.74) is 0. The third-order valence-corrected chi connectivity index (χ3v) is 7.12. The molecule has 1 saturated carbocycles. The molecule has 156 valence electrons. The lowest BCUT2D eigenvalue weighted by Gasteiger charge is -2.33. The van der Waals surface area contributed by atoms with Gasteiger partial charge in [-0.05, 0) is 32.1 Å². The van der Waals surface area contributed by atoms with Gasteiger partial charge >= 0.3 is 6.03 Å². The minimum Gasteiger partial charge on any atom is -0.342 e. The second-order valence-electron chi connectivity index (χ2n) is 7.91. The molecule has 2 fully saturated rings. The molecule has 3 amide bonds. The Hall–Kier alpha value is -1.31. The van der Waals surface area contributed by atoms with Gasteiger partial charge in [0.15, 0.2) is 9.84 Å². The van der Waals surface area contributed by atoms with E-state index in [1.54, 1.807) is 4.90 Å². The normalized spacial score (nSPS) is 19.7. The molecule has 0 spiro atoms. The number of sulfone groups is 1.